The van der Waals surface area contributed by atoms with Gasteiger partial charge in [-0.2, -0.15) is 5.10 Å². The largest absolute Gasteiger partial charge is 0.324 e. The van der Waals surface area contributed by atoms with Gasteiger partial charge < -0.3 is 9.88 Å². The molecule has 122 valence electrons. The van der Waals surface area contributed by atoms with E-state index in [0.717, 1.165) is 25.1 Å². The minimum absolute atomic E-state index is 0.165. The van der Waals surface area contributed by atoms with Crippen LogP contribution in [0.25, 0.3) is 5.69 Å². The lowest BCUT2D eigenvalue weighted by atomic mass is 10.0. The predicted octanol–water partition coefficient (Wildman–Crippen LogP) is 2.12. The molecule has 1 atom stereocenters. The summed E-state index contributed by atoms with van der Waals surface area (Å²) >= 11 is 0. The van der Waals surface area contributed by atoms with Crippen molar-refractivity contribution in [3.8, 4) is 5.69 Å². The molecular weight excluding hydrogens is 311 g/mol. The number of rotatable bonds is 3. The zero-order chi connectivity index (χ0) is 16.5. The maximum absolute atomic E-state index is 14.2. The van der Waals surface area contributed by atoms with E-state index < -0.39 is 5.82 Å². The van der Waals surface area contributed by atoms with Crippen molar-refractivity contribution >= 4 is 11.6 Å². The van der Waals surface area contributed by atoms with Crippen molar-refractivity contribution in [1.82, 2.24) is 24.3 Å². The van der Waals surface area contributed by atoms with Crippen molar-refractivity contribution < 1.29 is 9.18 Å². The number of halogens is 1. The molecular formula is C16H15FN6O. The first kappa shape index (κ1) is 14.6. The van der Waals surface area contributed by atoms with Gasteiger partial charge in [-0.15, -0.1) is 0 Å². The highest BCUT2D eigenvalue weighted by Gasteiger charge is 2.26. The van der Waals surface area contributed by atoms with Crippen LogP contribution in [0.5, 0.6) is 0 Å². The molecule has 0 bridgehead atoms. The van der Waals surface area contributed by atoms with Crippen LogP contribution in [-0.2, 0) is 11.2 Å². The summed E-state index contributed by atoms with van der Waals surface area (Å²) in [6, 6.07) is 4.18. The van der Waals surface area contributed by atoms with Crippen LogP contribution in [0.2, 0.25) is 0 Å². The number of benzene rings is 1. The number of anilines is 1. The van der Waals surface area contributed by atoms with Crippen LogP contribution in [0.3, 0.4) is 0 Å². The number of carbonyl (C=O) groups excluding carboxylic acids is 1. The molecule has 0 saturated heterocycles. The highest BCUT2D eigenvalue weighted by atomic mass is 19.1. The minimum Gasteiger partial charge on any atom is -0.324 e. The van der Waals surface area contributed by atoms with E-state index in [1.54, 1.807) is 18.3 Å². The van der Waals surface area contributed by atoms with Gasteiger partial charge in [0, 0.05) is 24.5 Å². The fourth-order valence-electron chi connectivity index (χ4n) is 3.00. The van der Waals surface area contributed by atoms with E-state index in [1.165, 1.54) is 23.4 Å². The summed E-state index contributed by atoms with van der Waals surface area (Å²) in [6.45, 7) is 0. The van der Waals surface area contributed by atoms with Gasteiger partial charge in [0.2, 0.25) is 5.91 Å². The maximum Gasteiger partial charge on any atom is 0.247 e. The Bertz CT molecular complexity index is 873. The molecule has 1 aliphatic rings. The number of nitrogens with one attached hydrogen (secondary N) is 1. The van der Waals surface area contributed by atoms with Crippen LogP contribution in [0, 0.1) is 5.82 Å². The number of aryl methyl sites for hydroxylation is 1. The summed E-state index contributed by atoms with van der Waals surface area (Å²) < 4.78 is 17.5. The van der Waals surface area contributed by atoms with Crippen LogP contribution < -0.4 is 5.32 Å². The molecule has 0 radical (unpaired) electrons. The first-order chi connectivity index (χ1) is 11.7. The van der Waals surface area contributed by atoms with Crippen molar-refractivity contribution in [3.63, 3.8) is 0 Å². The van der Waals surface area contributed by atoms with Crippen LogP contribution in [0.1, 0.15) is 24.7 Å². The summed E-state index contributed by atoms with van der Waals surface area (Å²) in [6.07, 6.45) is 8.79. The molecule has 2 aromatic heterocycles. The second kappa shape index (κ2) is 5.88. The molecule has 0 aliphatic carbocycles. The van der Waals surface area contributed by atoms with E-state index in [0.29, 0.717) is 5.69 Å². The van der Waals surface area contributed by atoms with Gasteiger partial charge in [0.05, 0.1) is 0 Å². The van der Waals surface area contributed by atoms with Gasteiger partial charge in [0.25, 0.3) is 0 Å². The van der Waals surface area contributed by atoms with Crippen LogP contribution in [0.4, 0.5) is 10.1 Å². The molecule has 4 rings (SSSR count). The maximum atomic E-state index is 14.2. The summed E-state index contributed by atoms with van der Waals surface area (Å²) in [5.41, 5.74) is 0.689. The molecule has 1 aromatic carbocycles. The van der Waals surface area contributed by atoms with Crippen molar-refractivity contribution in [2.24, 2.45) is 0 Å². The monoisotopic (exact) mass is 326 g/mol. The highest BCUT2D eigenvalue weighted by Crippen LogP contribution is 2.25. The van der Waals surface area contributed by atoms with E-state index in [9.17, 15) is 9.18 Å². The summed E-state index contributed by atoms with van der Waals surface area (Å²) in [7, 11) is 0. The number of carbonyl (C=O) groups is 1. The smallest absolute Gasteiger partial charge is 0.247 e. The molecule has 0 unspecified atom stereocenters. The minimum atomic E-state index is -0.481. The lowest BCUT2D eigenvalue weighted by molar-refractivity contribution is -0.119. The van der Waals surface area contributed by atoms with Gasteiger partial charge in [-0.25, -0.2) is 19.0 Å². The molecule has 24 heavy (non-hydrogen) atoms. The van der Waals surface area contributed by atoms with Gasteiger partial charge in [-0.3, -0.25) is 4.79 Å². The van der Waals surface area contributed by atoms with Crippen LogP contribution in [-0.4, -0.2) is 30.2 Å². The van der Waals surface area contributed by atoms with E-state index in [4.69, 9.17) is 0 Å². The topological polar surface area (TPSA) is 77.6 Å². The molecule has 0 fully saturated rings. The van der Waals surface area contributed by atoms with Crippen molar-refractivity contribution in [1.29, 1.82) is 0 Å². The van der Waals surface area contributed by atoms with E-state index in [2.05, 4.69) is 20.4 Å². The van der Waals surface area contributed by atoms with E-state index >= 15 is 0 Å². The zero-order valence-corrected chi connectivity index (χ0v) is 12.8. The Morgan fingerprint density at radius 2 is 2.29 bits per heavy atom. The average molecular weight is 326 g/mol. The SMILES string of the molecule is O=C(Nc1ccc(-n2cncn2)c(F)c1)[C@H]1CCCc2nccn21. The average Bonchev–Trinajstić information content (AvgIpc) is 3.26. The predicted molar refractivity (Wildman–Crippen MR) is 84.1 cm³/mol. The Morgan fingerprint density at radius 3 is 3.08 bits per heavy atom. The first-order valence-corrected chi connectivity index (χ1v) is 7.69. The van der Waals surface area contributed by atoms with E-state index in [1.807, 2.05) is 10.8 Å². The number of amides is 1. The molecule has 0 spiro atoms. The molecule has 7 nitrogen and oxygen atoms in total. The number of hydrogen-bond acceptors (Lipinski definition) is 4. The lowest BCUT2D eigenvalue weighted by Crippen LogP contribution is -2.29. The van der Waals surface area contributed by atoms with Crippen molar-refractivity contribution in [2.75, 3.05) is 5.32 Å². The Hall–Kier alpha value is -3.03. The third kappa shape index (κ3) is 2.55. The number of hydrogen-bond donors (Lipinski definition) is 1. The molecule has 8 heteroatoms. The number of imidazole rings is 1. The van der Waals surface area contributed by atoms with Gasteiger partial charge in [-0.1, -0.05) is 0 Å². The number of aromatic nitrogens is 5. The normalized spacial score (nSPS) is 16.6. The third-order valence-electron chi connectivity index (χ3n) is 4.15. The second-order valence-corrected chi connectivity index (χ2v) is 5.65. The van der Waals surface area contributed by atoms with Crippen molar-refractivity contribution in [3.05, 3.63) is 54.9 Å². The third-order valence-corrected chi connectivity index (χ3v) is 4.15. The number of nitrogens with zero attached hydrogens (tertiary/aromatic N) is 5. The highest BCUT2D eigenvalue weighted by molar-refractivity contribution is 5.94. The zero-order valence-electron chi connectivity index (χ0n) is 12.8. The van der Waals surface area contributed by atoms with Crippen molar-refractivity contribution in [2.45, 2.75) is 25.3 Å². The van der Waals surface area contributed by atoms with Gasteiger partial charge in [0.1, 0.15) is 30.2 Å². The van der Waals surface area contributed by atoms with Gasteiger partial charge >= 0.3 is 0 Å². The molecule has 1 aliphatic heterocycles. The second-order valence-electron chi connectivity index (χ2n) is 5.65. The summed E-state index contributed by atoms with van der Waals surface area (Å²) in [5.74, 6) is 0.265. The Balaban J connectivity index is 1.54. The molecule has 3 aromatic rings. The fraction of sp³-hybridized carbons (Fsp3) is 0.250. The molecule has 0 saturated carbocycles. The van der Waals surface area contributed by atoms with Crippen LogP contribution in [0.15, 0.2) is 43.2 Å². The molecule has 3 heterocycles. The Kier molecular flexibility index (Phi) is 3.56. The van der Waals surface area contributed by atoms with E-state index in [-0.39, 0.29) is 17.6 Å². The summed E-state index contributed by atoms with van der Waals surface area (Å²) in [5, 5.41) is 6.68. The first-order valence-electron chi connectivity index (χ1n) is 7.69. The molecule has 1 amide bonds. The Labute approximate surface area is 137 Å². The Morgan fingerprint density at radius 1 is 1.38 bits per heavy atom. The van der Waals surface area contributed by atoms with Crippen LogP contribution >= 0.6 is 0 Å². The standard InChI is InChI=1S/C16H15FN6O/c17-12-8-11(4-5-13(12)23-10-18-9-20-23)21-16(24)14-2-1-3-15-19-6-7-22(14)15/h4-10,14H,1-3H2,(H,21,24)/t14-/m1/s1. The quantitative estimate of drug-likeness (QED) is 0.800. The van der Waals surface area contributed by atoms with Gasteiger partial charge in [-0.05, 0) is 31.0 Å². The van der Waals surface area contributed by atoms with Gasteiger partial charge in [0.15, 0.2) is 5.82 Å². The number of fused-ring (bicyclic) bond motifs is 1. The summed E-state index contributed by atoms with van der Waals surface area (Å²) in [4.78, 5) is 20.6. The fourth-order valence-corrected chi connectivity index (χ4v) is 3.00. The lowest BCUT2D eigenvalue weighted by Gasteiger charge is -2.24. The molecule has 1 N–H and O–H groups in total.